The van der Waals surface area contributed by atoms with Crippen LogP contribution < -0.4 is 11.2 Å². The molecule has 1 rings (SSSR count). The lowest BCUT2D eigenvalue weighted by Crippen LogP contribution is -2.44. The van der Waals surface area contributed by atoms with Crippen LogP contribution in [-0.2, 0) is 12.0 Å². The normalized spacial score (nSPS) is 11.8. The lowest BCUT2D eigenvalue weighted by Gasteiger charge is -2.33. The van der Waals surface area contributed by atoms with Crippen molar-refractivity contribution in [2.45, 2.75) is 58.9 Å². The van der Waals surface area contributed by atoms with Gasteiger partial charge in [-0.05, 0) is 25.7 Å². The quantitative estimate of drug-likeness (QED) is 0.840. The second-order valence-electron chi connectivity index (χ2n) is 4.54. The molecule has 1 aromatic rings. The smallest absolute Gasteiger partial charge is 0.331 e. The van der Waals surface area contributed by atoms with Crippen molar-refractivity contribution in [1.29, 1.82) is 0 Å². The molecule has 5 nitrogen and oxygen atoms in total. The van der Waals surface area contributed by atoms with Crippen LogP contribution in [0, 0.1) is 0 Å². The third-order valence-corrected chi connectivity index (χ3v) is 3.98. The first kappa shape index (κ1) is 14.5. The summed E-state index contributed by atoms with van der Waals surface area (Å²) < 4.78 is 1.35. The van der Waals surface area contributed by atoms with Crippen molar-refractivity contribution in [2.75, 3.05) is 0 Å². The number of aromatic amines is 1. The van der Waals surface area contributed by atoms with E-state index >= 15 is 0 Å². The van der Waals surface area contributed by atoms with Gasteiger partial charge >= 0.3 is 5.69 Å². The van der Waals surface area contributed by atoms with Crippen LogP contribution in [0.4, 0.5) is 0 Å². The molecular weight excluding hydrogens is 232 g/mol. The summed E-state index contributed by atoms with van der Waals surface area (Å²) in [6.07, 6.45) is 2.57. The van der Waals surface area contributed by atoms with Gasteiger partial charge in [0.25, 0.3) is 5.56 Å². The average Bonchev–Trinajstić information content (AvgIpc) is 2.35. The van der Waals surface area contributed by atoms with Crippen LogP contribution in [0.25, 0.3) is 0 Å². The van der Waals surface area contributed by atoms with Gasteiger partial charge in [0.2, 0.25) is 5.88 Å². The topological polar surface area (TPSA) is 75.1 Å². The van der Waals surface area contributed by atoms with Crippen molar-refractivity contribution in [2.24, 2.45) is 0 Å². The maximum absolute atomic E-state index is 12.0. The van der Waals surface area contributed by atoms with E-state index in [9.17, 15) is 14.7 Å². The number of nitrogens with one attached hydrogen (secondary N) is 1. The number of nitrogens with zero attached hydrogens (tertiary/aromatic N) is 1. The van der Waals surface area contributed by atoms with Crippen molar-refractivity contribution >= 4 is 0 Å². The fourth-order valence-corrected chi connectivity index (χ4v) is 2.54. The summed E-state index contributed by atoms with van der Waals surface area (Å²) in [6.45, 7) is 7.73. The molecule has 0 amide bonds. The Bertz CT molecular complexity index is 516. The van der Waals surface area contributed by atoms with E-state index in [4.69, 9.17) is 0 Å². The molecular formula is C13H22N2O3. The van der Waals surface area contributed by atoms with Gasteiger partial charge in [-0.2, -0.15) is 0 Å². The number of hydrogen-bond acceptors (Lipinski definition) is 3. The summed E-state index contributed by atoms with van der Waals surface area (Å²) in [6, 6.07) is 0. The van der Waals surface area contributed by atoms with Crippen molar-refractivity contribution in [1.82, 2.24) is 9.55 Å². The van der Waals surface area contributed by atoms with Crippen LogP contribution in [0.15, 0.2) is 9.59 Å². The van der Waals surface area contributed by atoms with Crippen LogP contribution in [0.5, 0.6) is 5.88 Å². The number of aromatic nitrogens is 2. The van der Waals surface area contributed by atoms with Crippen LogP contribution in [0.3, 0.4) is 0 Å². The molecule has 0 radical (unpaired) electrons. The number of rotatable bonds is 5. The first-order valence-electron chi connectivity index (χ1n) is 6.55. The summed E-state index contributed by atoms with van der Waals surface area (Å²) in [5, 5.41) is 10.2. The van der Waals surface area contributed by atoms with E-state index in [1.54, 1.807) is 6.92 Å². The van der Waals surface area contributed by atoms with Crippen molar-refractivity contribution < 1.29 is 5.11 Å². The molecule has 0 atom stereocenters. The van der Waals surface area contributed by atoms with E-state index in [-0.39, 0.29) is 11.4 Å². The molecule has 0 aliphatic heterocycles. The van der Waals surface area contributed by atoms with Crippen LogP contribution in [0.1, 0.15) is 52.5 Å². The Morgan fingerprint density at radius 2 is 1.61 bits per heavy atom. The first-order valence-corrected chi connectivity index (χ1v) is 6.55. The van der Waals surface area contributed by atoms with Gasteiger partial charge in [0.1, 0.15) is 0 Å². The molecule has 0 fully saturated rings. The van der Waals surface area contributed by atoms with Gasteiger partial charge in [-0.3, -0.25) is 14.3 Å². The van der Waals surface area contributed by atoms with Crippen molar-refractivity contribution in [3.05, 3.63) is 26.4 Å². The highest BCUT2D eigenvalue weighted by Gasteiger charge is 2.31. The molecule has 0 saturated heterocycles. The largest absolute Gasteiger partial charge is 0.494 e. The number of aromatic hydroxyl groups is 1. The Morgan fingerprint density at radius 3 is 2.00 bits per heavy atom. The zero-order chi connectivity index (χ0) is 13.9. The van der Waals surface area contributed by atoms with E-state index in [0.717, 1.165) is 19.3 Å². The maximum atomic E-state index is 12.0. The second-order valence-corrected chi connectivity index (χ2v) is 4.54. The SMILES string of the molecule is CCc1c(O)n(C(CC)(CC)CC)c(=O)[nH]c1=O. The molecule has 18 heavy (non-hydrogen) atoms. The van der Waals surface area contributed by atoms with Crippen LogP contribution >= 0.6 is 0 Å². The van der Waals surface area contributed by atoms with Gasteiger partial charge in [-0.25, -0.2) is 4.79 Å². The zero-order valence-electron chi connectivity index (χ0n) is 11.5. The molecule has 2 N–H and O–H groups in total. The minimum atomic E-state index is -0.528. The van der Waals surface area contributed by atoms with Gasteiger partial charge in [0, 0.05) is 0 Å². The lowest BCUT2D eigenvalue weighted by atomic mass is 9.89. The number of hydrogen-bond donors (Lipinski definition) is 2. The minimum Gasteiger partial charge on any atom is -0.494 e. The molecule has 1 aromatic heterocycles. The fraction of sp³-hybridized carbons (Fsp3) is 0.692. The Kier molecular flexibility index (Phi) is 4.38. The predicted octanol–water partition coefficient (Wildman–Crippen LogP) is 1.73. The third kappa shape index (κ3) is 2.09. The molecule has 5 heteroatoms. The maximum Gasteiger partial charge on any atom is 0.331 e. The van der Waals surface area contributed by atoms with Gasteiger partial charge in [0.15, 0.2) is 0 Å². The molecule has 0 aromatic carbocycles. The highest BCUT2D eigenvalue weighted by Crippen LogP contribution is 2.31. The van der Waals surface area contributed by atoms with Crippen LogP contribution in [0.2, 0.25) is 0 Å². The highest BCUT2D eigenvalue weighted by molar-refractivity contribution is 5.24. The van der Waals surface area contributed by atoms with E-state index in [0.29, 0.717) is 6.42 Å². The van der Waals surface area contributed by atoms with Crippen molar-refractivity contribution in [3.8, 4) is 5.88 Å². The zero-order valence-corrected chi connectivity index (χ0v) is 11.5. The van der Waals surface area contributed by atoms with Gasteiger partial charge in [-0.15, -0.1) is 0 Å². The summed E-state index contributed by atoms with van der Waals surface area (Å²) in [7, 11) is 0. The lowest BCUT2D eigenvalue weighted by molar-refractivity contribution is 0.209. The molecule has 102 valence electrons. The van der Waals surface area contributed by atoms with E-state index in [1.165, 1.54) is 4.57 Å². The molecule has 0 aliphatic rings. The fourth-order valence-electron chi connectivity index (χ4n) is 2.54. The summed E-state index contributed by atoms with van der Waals surface area (Å²) in [5.41, 5.74) is -1.18. The third-order valence-electron chi connectivity index (χ3n) is 3.98. The predicted molar refractivity (Wildman–Crippen MR) is 71.2 cm³/mol. The minimum absolute atomic E-state index is 0.184. The average molecular weight is 254 g/mol. The molecule has 0 unspecified atom stereocenters. The Labute approximate surface area is 106 Å². The molecule has 0 aliphatic carbocycles. The molecule has 1 heterocycles. The highest BCUT2D eigenvalue weighted by atomic mass is 16.3. The summed E-state index contributed by atoms with van der Waals surface area (Å²) in [5.74, 6) is -0.184. The Morgan fingerprint density at radius 1 is 1.11 bits per heavy atom. The van der Waals surface area contributed by atoms with Gasteiger partial charge in [0.05, 0.1) is 11.1 Å². The van der Waals surface area contributed by atoms with Crippen LogP contribution in [-0.4, -0.2) is 14.7 Å². The van der Waals surface area contributed by atoms with Gasteiger partial charge < -0.3 is 5.11 Å². The summed E-state index contributed by atoms with van der Waals surface area (Å²) >= 11 is 0. The van der Waals surface area contributed by atoms with E-state index < -0.39 is 16.8 Å². The standard InChI is InChI=1S/C13H22N2O3/c1-5-9-10(16)14-12(18)15(11(9)17)13(6-2,7-3)8-4/h17H,5-8H2,1-4H3,(H,14,16,18). The van der Waals surface area contributed by atoms with E-state index in [2.05, 4.69) is 4.98 Å². The second kappa shape index (κ2) is 5.42. The Hall–Kier alpha value is -1.52. The Balaban J connectivity index is 3.69. The summed E-state index contributed by atoms with van der Waals surface area (Å²) in [4.78, 5) is 25.9. The van der Waals surface area contributed by atoms with Crippen molar-refractivity contribution in [3.63, 3.8) is 0 Å². The first-order chi connectivity index (χ1) is 8.47. The number of H-pyrrole nitrogens is 1. The monoisotopic (exact) mass is 254 g/mol. The molecule has 0 spiro atoms. The van der Waals surface area contributed by atoms with E-state index in [1.807, 2.05) is 20.8 Å². The molecule has 0 saturated carbocycles. The van der Waals surface area contributed by atoms with Gasteiger partial charge in [-0.1, -0.05) is 27.7 Å². The molecule has 0 bridgehead atoms.